The van der Waals surface area contributed by atoms with Gasteiger partial charge in [0.2, 0.25) is 0 Å². The maximum Gasteiger partial charge on any atom is 0.0649 e. The molecule has 0 saturated carbocycles. The van der Waals surface area contributed by atoms with E-state index in [-0.39, 0.29) is 25.7 Å². The molecule has 0 radical (unpaired) electrons. The zero-order valence-corrected chi connectivity index (χ0v) is 6.40. The van der Waals surface area contributed by atoms with E-state index in [0.717, 1.165) is 0 Å². The lowest BCUT2D eigenvalue weighted by atomic mass is 10.0. The highest BCUT2D eigenvalue weighted by atomic mass is 16.3. The Labute approximate surface area is 66.3 Å². The smallest absolute Gasteiger partial charge is 0.0649 e. The molecule has 0 aliphatic carbocycles. The second-order valence-corrected chi connectivity index (χ2v) is 2.20. The van der Waals surface area contributed by atoms with Crippen LogP contribution in [0.25, 0.3) is 0 Å². The van der Waals surface area contributed by atoms with Crippen LogP contribution in [0, 0.1) is 5.92 Å². The average Bonchev–Trinajstić information content (AvgIpc) is 2.05. The second-order valence-electron chi connectivity index (χ2n) is 2.20. The Morgan fingerprint density at radius 1 is 1.27 bits per heavy atom. The van der Waals surface area contributed by atoms with Crippen molar-refractivity contribution in [3.8, 4) is 0 Å². The lowest BCUT2D eigenvalue weighted by Gasteiger charge is -2.12. The van der Waals surface area contributed by atoms with Gasteiger partial charge < -0.3 is 15.3 Å². The van der Waals surface area contributed by atoms with Gasteiger partial charge in [0.1, 0.15) is 0 Å². The lowest BCUT2D eigenvalue weighted by molar-refractivity contribution is 0.160. The highest BCUT2D eigenvalue weighted by molar-refractivity contribution is 5.14. The van der Waals surface area contributed by atoms with Gasteiger partial charge in [0.25, 0.3) is 0 Å². The highest BCUT2D eigenvalue weighted by Gasteiger charge is 2.09. The third-order valence-electron chi connectivity index (χ3n) is 1.48. The zero-order chi connectivity index (χ0) is 8.69. The van der Waals surface area contributed by atoms with E-state index in [9.17, 15) is 0 Å². The van der Waals surface area contributed by atoms with Crippen LogP contribution in [0.15, 0.2) is 24.3 Å². The first-order valence-electron chi connectivity index (χ1n) is 3.44. The average molecular weight is 158 g/mol. The van der Waals surface area contributed by atoms with Crippen molar-refractivity contribution in [2.45, 2.75) is 0 Å². The highest BCUT2D eigenvalue weighted by Crippen LogP contribution is 2.08. The van der Waals surface area contributed by atoms with Crippen molar-refractivity contribution < 1.29 is 15.3 Å². The number of aliphatic hydroxyl groups excluding tert-OH is 3. The quantitative estimate of drug-likeness (QED) is 0.481. The second kappa shape index (κ2) is 6.09. The molecule has 0 fully saturated rings. The summed E-state index contributed by atoms with van der Waals surface area (Å²) in [4.78, 5) is 0. The van der Waals surface area contributed by atoms with Crippen LogP contribution in [0.2, 0.25) is 0 Å². The summed E-state index contributed by atoms with van der Waals surface area (Å²) in [6, 6.07) is 0. The number of hydrogen-bond donors (Lipinski definition) is 3. The monoisotopic (exact) mass is 158 g/mol. The first-order valence-corrected chi connectivity index (χ1v) is 3.44. The van der Waals surface area contributed by atoms with Crippen LogP contribution in [-0.4, -0.2) is 35.1 Å². The molecule has 0 saturated heterocycles. The first kappa shape index (κ1) is 10.4. The fraction of sp³-hybridized carbons (Fsp3) is 0.500. The Balaban J connectivity index is 4.20. The standard InChI is InChI=1S/C8H14O3/c1-2-3-7(4-9)8(5-10)6-11/h2-3,8-11H,1,4-6H2. The molecule has 0 spiro atoms. The maximum absolute atomic E-state index is 8.75. The number of allylic oxidation sites excluding steroid dienone is 2. The van der Waals surface area contributed by atoms with Gasteiger partial charge >= 0.3 is 0 Å². The molecule has 0 aliphatic rings. The Morgan fingerprint density at radius 3 is 2.09 bits per heavy atom. The van der Waals surface area contributed by atoms with Crippen LogP contribution in [0.3, 0.4) is 0 Å². The van der Waals surface area contributed by atoms with E-state index in [1.54, 1.807) is 6.08 Å². The molecule has 3 nitrogen and oxygen atoms in total. The van der Waals surface area contributed by atoms with Crippen LogP contribution < -0.4 is 0 Å². The van der Waals surface area contributed by atoms with E-state index >= 15 is 0 Å². The van der Waals surface area contributed by atoms with E-state index in [4.69, 9.17) is 15.3 Å². The van der Waals surface area contributed by atoms with E-state index in [1.165, 1.54) is 6.08 Å². The minimum atomic E-state index is -0.363. The summed E-state index contributed by atoms with van der Waals surface area (Å²) >= 11 is 0. The van der Waals surface area contributed by atoms with E-state index in [2.05, 4.69) is 6.58 Å². The molecule has 0 atom stereocenters. The minimum absolute atomic E-state index is 0.155. The summed E-state index contributed by atoms with van der Waals surface area (Å²) in [7, 11) is 0. The topological polar surface area (TPSA) is 60.7 Å². The Morgan fingerprint density at radius 2 is 1.82 bits per heavy atom. The van der Waals surface area contributed by atoms with Crippen LogP contribution in [0.4, 0.5) is 0 Å². The molecule has 3 N–H and O–H groups in total. The molecule has 0 aromatic heterocycles. The van der Waals surface area contributed by atoms with Crippen LogP contribution >= 0.6 is 0 Å². The molecule has 0 amide bonds. The van der Waals surface area contributed by atoms with Crippen molar-refractivity contribution in [1.82, 2.24) is 0 Å². The number of rotatable bonds is 5. The first-order chi connectivity index (χ1) is 5.29. The van der Waals surface area contributed by atoms with E-state index in [0.29, 0.717) is 5.57 Å². The Hall–Kier alpha value is -0.640. The largest absolute Gasteiger partial charge is 0.396 e. The van der Waals surface area contributed by atoms with Crippen molar-refractivity contribution in [3.05, 3.63) is 24.3 Å². The van der Waals surface area contributed by atoms with Crippen LogP contribution in [-0.2, 0) is 0 Å². The van der Waals surface area contributed by atoms with Crippen molar-refractivity contribution in [2.24, 2.45) is 5.92 Å². The van der Waals surface area contributed by atoms with E-state index in [1.807, 2.05) is 0 Å². The predicted molar refractivity (Wildman–Crippen MR) is 43.0 cm³/mol. The molecule has 11 heavy (non-hydrogen) atoms. The fourth-order valence-corrected chi connectivity index (χ4v) is 0.762. The molecule has 0 aromatic carbocycles. The summed E-state index contributed by atoms with van der Waals surface area (Å²) in [6.07, 6.45) is 3.11. The number of aliphatic hydroxyl groups is 3. The predicted octanol–water partition coefficient (Wildman–Crippen LogP) is -0.308. The molecule has 0 heterocycles. The molecule has 64 valence electrons. The van der Waals surface area contributed by atoms with Gasteiger partial charge in [-0.15, -0.1) is 0 Å². The summed E-state index contributed by atoms with van der Waals surface area (Å²) < 4.78 is 0. The van der Waals surface area contributed by atoms with Crippen LogP contribution in [0.1, 0.15) is 0 Å². The molecule has 0 bridgehead atoms. The fourth-order valence-electron chi connectivity index (χ4n) is 0.762. The van der Waals surface area contributed by atoms with Gasteiger partial charge in [-0.05, 0) is 5.57 Å². The summed E-state index contributed by atoms with van der Waals surface area (Å²) in [5.41, 5.74) is 0.602. The summed E-state index contributed by atoms with van der Waals surface area (Å²) in [5, 5.41) is 26.2. The Kier molecular flexibility index (Phi) is 5.74. The van der Waals surface area contributed by atoms with Gasteiger partial charge in [-0.1, -0.05) is 18.7 Å². The van der Waals surface area contributed by atoms with Crippen LogP contribution in [0.5, 0.6) is 0 Å². The molecular formula is C8H14O3. The van der Waals surface area contributed by atoms with Gasteiger partial charge in [-0.2, -0.15) is 0 Å². The third kappa shape index (κ3) is 3.32. The van der Waals surface area contributed by atoms with Crippen molar-refractivity contribution in [3.63, 3.8) is 0 Å². The molecule has 0 rings (SSSR count). The molecule has 3 heteroatoms. The van der Waals surface area contributed by atoms with E-state index < -0.39 is 0 Å². The van der Waals surface area contributed by atoms with Gasteiger partial charge in [-0.25, -0.2) is 0 Å². The molecular weight excluding hydrogens is 144 g/mol. The zero-order valence-electron chi connectivity index (χ0n) is 6.40. The summed E-state index contributed by atoms with van der Waals surface area (Å²) in [6.45, 7) is 2.98. The summed E-state index contributed by atoms with van der Waals surface area (Å²) in [5.74, 6) is -0.363. The minimum Gasteiger partial charge on any atom is -0.396 e. The lowest BCUT2D eigenvalue weighted by Crippen LogP contribution is -2.16. The van der Waals surface area contributed by atoms with Crippen molar-refractivity contribution in [2.75, 3.05) is 19.8 Å². The number of hydrogen-bond acceptors (Lipinski definition) is 3. The normalized spacial score (nSPS) is 12.2. The Bertz CT molecular complexity index is 136. The maximum atomic E-state index is 8.75. The van der Waals surface area contributed by atoms with Crippen molar-refractivity contribution in [1.29, 1.82) is 0 Å². The molecule has 0 unspecified atom stereocenters. The van der Waals surface area contributed by atoms with Gasteiger partial charge in [0, 0.05) is 5.92 Å². The van der Waals surface area contributed by atoms with Gasteiger partial charge in [0.15, 0.2) is 0 Å². The van der Waals surface area contributed by atoms with Gasteiger partial charge in [-0.3, -0.25) is 0 Å². The molecule has 0 aliphatic heterocycles. The molecule has 0 aromatic rings. The SMILES string of the molecule is C=CC=C(CO)C(CO)CO. The van der Waals surface area contributed by atoms with Crippen molar-refractivity contribution >= 4 is 0 Å². The van der Waals surface area contributed by atoms with Gasteiger partial charge in [0.05, 0.1) is 19.8 Å². The third-order valence-corrected chi connectivity index (χ3v) is 1.48.